The van der Waals surface area contributed by atoms with Crippen LogP contribution in [-0.2, 0) is 24.3 Å². The van der Waals surface area contributed by atoms with E-state index >= 15 is 0 Å². The Balaban J connectivity index is 2.40. The van der Waals surface area contributed by atoms with Gasteiger partial charge in [-0.2, -0.15) is 0 Å². The second-order valence-corrected chi connectivity index (χ2v) is 3.68. The molecule has 0 unspecified atom stereocenters. The summed E-state index contributed by atoms with van der Waals surface area (Å²) in [6.45, 7) is 1.18. The Hall–Kier alpha value is -1.69. The molecule has 1 aliphatic rings. The number of hydrogen-bond donors (Lipinski definition) is 2. The van der Waals surface area contributed by atoms with Gasteiger partial charge in [-0.1, -0.05) is 0 Å². The molecule has 0 atom stereocenters. The van der Waals surface area contributed by atoms with E-state index in [1.807, 2.05) is 11.9 Å². The summed E-state index contributed by atoms with van der Waals surface area (Å²) in [5.74, 6) is -0.772. The molecule has 1 aromatic rings. The normalized spacial score (nSPS) is 15.3. The summed E-state index contributed by atoms with van der Waals surface area (Å²) in [5.41, 5.74) is 1.12. The van der Waals surface area contributed by atoms with E-state index in [-0.39, 0.29) is 17.8 Å². The van der Waals surface area contributed by atoms with E-state index in [0.717, 1.165) is 0 Å². The Morgan fingerprint density at radius 3 is 3.00 bits per heavy atom. The zero-order valence-electron chi connectivity index (χ0n) is 8.28. The highest BCUT2D eigenvalue weighted by Gasteiger charge is 2.21. The van der Waals surface area contributed by atoms with Gasteiger partial charge < -0.3 is 10.1 Å². The third kappa shape index (κ3) is 1.89. The number of hydrogen-bond acceptors (Lipinski definition) is 4. The summed E-state index contributed by atoms with van der Waals surface area (Å²) in [4.78, 5) is 30.6. The van der Waals surface area contributed by atoms with Gasteiger partial charge in [-0.25, -0.2) is 4.98 Å². The van der Waals surface area contributed by atoms with Gasteiger partial charge in [0.25, 0.3) is 5.56 Å². The predicted octanol–water partition coefficient (Wildman–Crippen LogP) is -0.658. The first kappa shape index (κ1) is 9.85. The van der Waals surface area contributed by atoms with Crippen molar-refractivity contribution in [2.75, 3.05) is 7.05 Å². The molecule has 0 spiro atoms. The molecule has 0 fully saturated rings. The van der Waals surface area contributed by atoms with Crippen LogP contribution in [0.5, 0.6) is 0 Å². The van der Waals surface area contributed by atoms with Crippen LogP contribution in [0.4, 0.5) is 0 Å². The van der Waals surface area contributed by atoms with E-state index < -0.39 is 5.97 Å². The lowest BCUT2D eigenvalue weighted by atomic mass is 10.2. The Labute approximate surface area is 85.6 Å². The van der Waals surface area contributed by atoms with Crippen molar-refractivity contribution in [2.45, 2.75) is 19.5 Å². The molecule has 2 N–H and O–H groups in total. The number of fused-ring (bicyclic) bond motifs is 1. The molecule has 0 saturated heterocycles. The number of nitrogens with one attached hydrogen (secondary N) is 1. The second-order valence-electron chi connectivity index (χ2n) is 3.68. The summed E-state index contributed by atoms with van der Waals surface area (Å²) < 4.78 is 0. The average molecular weight is 209 g/mol. The number of carboxylic acids is 1. The van der Waals surface area contributed by atoms with Gasteiger partial charge in [0.15, 0.2) is 0 Å². The number of aliphatic carboxylic acids is 1. The van der Waals surface area contributed by atoms with Gasteiger partial charge >= 0.3 is 5.97 Å². The van der Waals surface area contributed by atoms with Crippen molar-refractivity contribution in [3.05, 3.63) is 27.4 Å². The van der Waals surface area contributed by atoms with Crippen LogP contribution in [0.15, 0.2) is 4.79 Å². The van der Waals surface area contributed by atoms with Crippen LogP contribution in [0.3, 0.4) is 0 Å². The van der Waals surface area contributed by atoms with Crippen molar-refractivity contribution >= 4 is 5.97 Å². The molecule has 0 aliphatic carbocycles. The monoisotopic (exact) mass is 209 g/mol. The third-order valence-corrected chi connectivity index (χ3v) is 2.32. The zero-order chi connectivity index (χ0) is 11.0. The molecule has 0 aromatic carbocycles. The molecule has 1 aliphatic heterocycles. The molecule has 1 aromatic heterocycles. The second kappa shape index (κ2) is 3.47. The van der Waals surface area contributed by atoms with Gasteiger partial charge in [-0.05, 0) is 7.05 Å². The number of carbonyl (C=O) groups is 1. The van der Waals surface area contributed by atoms with Crippen LogP contribution in [0, 0.1) is 0 Å². The molecular formula is C9H11N3O3. The number of H-pyrrole nitrogens is 1. The minimum Gasteiger partial charge on any atom is -0.481 e. The molecule has 0 bridgehead atoms. The number of rotatable bonds is 2. The summed E-state index contributed by atoms with van der Waals surface area (Å²) in [6.07, 6.45) is -0.244. The van der Waals surface area contributed by atoms with Gasteiger partial charge in [0.1, 0.15) is 12.2 Å². The van der Waals surface area contributed by atoms with Crippen molar-refractivity contribution < 1.29 is 9.90 Å². The predicted molar refractivity (Wildman–Crippen MR) is 51.4 cm³/mol. The van der Waals surface area contributed by atoms with Crippen LogP contribution < -0.4 is 5.56 Å². The van der Waals surface area contributed by atoms with Crippen molar-refractivity contribution in [1.82, 2.24) is 14.9 Å². The quantitative estimate of drug-likeness (QED) is 0.675. The molecule has 6 nitrogen and oxygen atoms in total. The van der Waals surface area contributed by atoms with Crippen LogP contribution in [0.2, 0.25) is 0 Å². The van der Waals surface area contributed by atoms with Gasteiger partial charge in [0.05, 0.1) is 11.3 Å². The van der Waals surface area contributed by atoms with Crippen LogP contribution in [0.1, 0.15) is 17.1 Å². The smallest absolute Gasteiger partial charge is 0.311 e. The zero-order valence-corrected chi connectivity index (χ0v) is 8.28. The molecule has 15 heavy (non-hydrogen) atoms. The fourth-order valence-electron chi connectivity index (χ4n) is 1.70. The van der Waals surface area contributed by atoms with Crippen molar-refractivity contribution in [2.24, 2.45) is 0 Å². The highest BCUT2D eigenvalue weighted by Crippen LogP contribution is 2.14. The van der Waals surface area contributed by atoms with Gasteiger partial charge in [-0.15, -0.1) is 0 Å². The topological polar surface area (TPSA) is 86.3 Å². The maximum atomic E-state index is 11.5. The Kier molecular flexibility index (Phi) is 2.28. The molecular weight excluding hydrogens is 198 g/mol. The minimum absolute atomic E-state index is 0.222. The minimum atomic E-state index is -0.996. The number of nitrogens with zero attached hydrogens (tertiary/aromatic N) is 2. The Morgan fingerprint density at radius 1 is 1.60 bits per heavy atom. The number of carboxylic acid groups (broad SMARTS) is 1. The first-order valence-corrected chi connectivity index (χ1v) is 4.57. The lowest BCUT2D eigenvalue weighted by molar-refractivity contribution is -0.136. The lowest BCUT2D eigenvalue weighted by Crippen LogP contribution is -2.19. The van der Waals surface area contributed by atoms with Gasteiger partial charge in [-0.3, -0.25) is 14.5 Å². The van der Waals surface area contributed by atoms with Crippen LogP contribution in [-0.4, -0.2) is 33.0 Å². The lowest BCUT2D eigenvalue weighted by Gasteiger charge is -2.01. The Bertz CT molecular complexity index is 466. The van der Waals surface area contributed by atoms with Gasteiger partial charge in [0.2, 0.25) is 0 Å². The summed E-state index contributed by atoms with van der Waals surface area (Å²) in [6, 6.07) is 0. The first-order chi connectivity index (χ1) is 7.06. The first-order valence-electron chi connectivity index (χ1n) is 4.57. The van der Waals surface area contributed by atoms with Crippen LogP contribution in [0.25, 0.3) is 0 Å². The standard InChI is InChI=1S/C9H11N3O3/c1-12-3-5-6(4-12)10-7(2-8(13)14)11-9(5)15/h2-4H2,1H3,(H,13,14)(H,10,11,15). The fourth-order valence-corrected chi connectivity index (χ4v) is 1.70. The van der Waals surface area contributed by atoms with E-state index in [1.54, 1.807) is 0 Å². The average Bonchev–Trinajstić information content (AvgIpc) is 2.44. The SMILES string of the molecule is CN1Cc2nc(CC(=O)O)[nH]c(=O)c2C1. The number of aromatic nitrogens is 2. The summed E-state index contributed by atoms with van der Waals surface area (Å²) in [7, 11) is 1.89. The highest BCUT2D eigenvalue weighted by atomic mass is 16.4. The van der Waals surface area contributed by atoms with E-state index in [0.29, 0.717) is 24.3 Å². The molecule has 2 rings (SSSR count). The maximum absolute atomic E-state index is 11.5. The molecule has 2 heterocycles. The fraction of sp³-hybridized carbons (Fsp3) is 0.444. The molecule has 0 radical (unpaired) electrons. The largest absolute Gasteiger partial charge is 0.481 e. The molecule has 80 valence electrons. The third-order valence-electron chi connectivity index (χ3n) is 2.32. The summed E-state index contributed by atoms with van der Waals surface area (Å²) in [5, 5.41) is 8.59. The van der Waals surface area contributed by atoms with Crippen LogP contribution >= 0.6 is 0 Å². The van der Waals surface area contributed by atoms with Crippen molar-refractivity contribution in [3.8, 4) is 0 Å². The van der Waals surface area contributed by atoms with Crippen molar-refractivity contribution in [3.63, 3.8) is 0 Å². The van der Waals surface area contributed by atoms with E-state index in [4.69, 9.17) is 5.11 Å². The molecule has 6 heteroatoms. The maximum Gasteiger partial charge on any atom is 0.311 e. The van der Waals surface area contributed by atoms with E-state index in [2.05, 4.69) is 9.97 Å². The van der Waals surface area contributed by atoms with Crippen molar-refractivity contribution in [1.29, 1.82) is 0 Å². The molecule has 0 amide bonds. The summed E-state index contributed by atoms with van der Waals surface area (Å²) >= 11 is 0. The highest BCUT2D eigenvalue weighted by molar-refractivity contribution is 5.68. The number of aromatic amines is 1. The molecule has 0 saturated carbocycles. The van der Waals surface area contributed by atoms with E-state index in [1.165, 1.54) is 0 Å². The van der Waals surface area contributed by atoms with Gasteiger partial charge in [0, 0.05) is 13.1 Å². The Morgan fingerprint density at radius 2 is 2.33 bits per heavy atom. The van der Waals surface area contributed by atoms with E-state index in [9.17, 15) is 9.59 Å².